The molecule has 68 valence electrons. The molecule has 12 heavy (non-hydrogen) atoms. The lowest BCUT2D eigenvalue weighted by atomic mass is 10.1. The van der Waals surface area contributed by atoms with E-state index in [-0.39, 0.29) is 11.6 Å². The third kappa shape index (κ3) is 1.28. The molecule has 1 saturated heterocycles. The van der Waals surface area contributed by atoms with Crippen molar-refractivity contribution in [3.63, 3.8) is 0 Å². The van der Waals surface area contributed by atoms with Gasteiger partial charge in [-0.15, -0.1) is 0 Å². The smallest absolute Gasteiger partial charge is 0.317 e. The highest BCUT2D eigenvalue weighted by Gasteiger charge is 2.40. The van der Waals surface area contributed by atoms with Gasteiger partial charge in [-0.3, -0.25) is 0 Å². The van der Waals surface area contributed by atoms with Crippen molar-refractivity contribution in [2.24, 2.45) is 5.92 Å². The normalized spacial score (nSPS) is 27.5. The zero-order valence-electron chi connectivity index (χ0n) is 7.76. The number of nitrogens with one attached hydrogen (secondary N) is 1. The van der Waals surface area contributed by atoms with Crippen molar-refractivity contribution in [2.45, 2.75) is 32.2 Å². The summed E-state index contributed by atoms with van der Waals surface area (Å²) in [6, 6.07) is 0.118. The highest BCUT2D eigenvalue weighted by atomic mass is 16.2. The summed E-state index contributed by atoms with van der Waals surface area (Å²) < 4.78 is 0. The standard InChI is InChI=1S/C9H16N2O/c1-9(2)6-10-8(12)11(9)5-7-3-4-7/h7H,3-6H2,1-2H3,(H,10,12). The molecule has 1 saturated carbocycles. The number of amides is 2. The van der Waals surface area contributed by atoms with Crippen LogP contribution in [0.1, 0.15) is 26.7 Å². The second-order valence-electron chi connectivity index (χ2n) is 4.53. The molecular weight excluding hydrogens is 152 g/mol. The Hall–Kier alpha value is -0.730. The van der Waals surface area contributed by atoms with E-state index in [1.165, 1.54) is 12.8 Å². The second-order valence-corrected chi connectivity index (χ2v) is 4.53. The van der Waals surface area contributed by atoms with Gasteiger partial charge in [0.15, 0.2) is 0 Å². The van der Waals surface area contributed by atoms with Crippen LogP contribution in [-0.4, -0.2) is 29.6 Å². The Morgan fingerprint density at radius 3 is 2.67 bits per heavy atom. The number of hydrogen-bond donors (Lipinski definition) is 1. The maximum atomic E-state index is 11.4. The number of carbonyl (C=O) groups is 1. The lowest BCUT2D eigenvalue weighted by molar-refractivity contribution is 0.172. The second kappa shape index (κ2) is 2.38. The van der Waals surface area contributed by atoms with Gasteiger partial charge in [-0.05, 0) is 32.6 Å². The molecular formula is C9H16N2O. The molecule has 0 radical (unpaired) electrons. The molecule has 0 spiro atoms. The van der Waals surface area contributed by atoms with Crippen LogP contribution in [0.2, 0.25) is 0 Å². The number of carbonyl (C=O) groups excluding carboxylic acids is 1. The van der Waals surface area contributed by atoms with Crippen molar-refractivity contribution in [3.05, 3.63) is 0 Å². The van der Waals surface area contributed by atoms with E-state index in [1.54, 1.807) is 0 Å². The summed E-state index contributed by atoms with van der Waals surface area (Å²) in [5.74, 6) is 0.785. The Bertz CT molecular complexity index is 209. The van der Waals surface area contributed by atoms with Crippen LogP contribution in [0.5, 0.6) is 0 Å². The maximum absolute atomic E-state index is 11.4. The Kier molecular flexibility index (Phi) is 1.56. The molecule has 2 fully saturated rings. The van der Waals surface area contributed by atoms with E-state index >= 15 is 0 Å². The predicted octanol–water partition coefficient (Wildman–Crippen LogP) is 1.20. The van der Waals surface area contributed by atoms with Crippen LogP contribution in [0, 0.1) is 5.92 Å². The summed E-state index contributed by atoms with van der Waals surface area (Å²) in [7, 11) is 0. The van der Waals surface area contributed by atoms with Crippen LogP contribution in [0.4, 0.5) is 4.79 Å². The summed E-state index contributed by atoms with van der Waals surface area (Å²) in [6.45, 7) is 5.98. The molecule has 0 aromatic rings. The molecule has 0 aromatic heterocycles. The largest absolute Gasteiger partial charge is 0.336 e. The van der Waals surface area contributed by atoms with Gasteiger partial charge in [0.05, 0.1) is 5.54 Å². The van der Waals surface area contributed by atoms with Crippen molar-refractivity contribution in [2.75, 3.05) is 13.1 Å². The van der Waals surface area contributed by atoms with Crippen LogP contribution < -0.4 is 5.32 Å². The van der Waals surface area contributed by atoms with Crippen molar-refractivity contribution >= 4 is 6.03 Å². The molecule has 1 heterocycles. The van der Waals surface area contributed by atoms with Crippen LogP contribution in [0.3, 0.4) is 0 Å². The van der Waals surface area contributed by atoms with Crippen LogP contribution >= 0.6 is 0 Å². The monoisotopic (exact) mass is 168 g/mol. The number of urea groups is 1. The van der Waals surface area contributed by atoms with Gasteiger partial charge in [0, 0.05) is 13.1 Å². The first-order valence-corrected chi connectivity index (χ1v) is 4.65. The minimum absolute atomic E-state index is 0.0275. The van der Waals surface area contributed by atoms with Crippen molar-refractivity contribution in [3.8, 4) is 0 Å². The fourth-order valence-corrected chi connectivity index (χ4v) is 1.65. The minimum atomic E-state index is 0.0275. The zero-order chi connectivity index (χ0) is 8.77. The molecule has 0 atom stereocenters. The van der Waals surface area contributed by atoms with Gasteiger partial charge in [0.25, 0.3) is 0 Å². The first-order chi connectivity index (χ1) is 5.59. The molecule has 2 aliphatic rings. The van der Waals surface area contributed by atoms with Gasteiger partial charge >= 0.3 is 6.03 Å². The lowest BCUT2D eigenvalue weighted by Gasteiger charge is -2.29. The molecule has 1 aliphatic heterocycles. The summed E-state index contributed by atoms with van der Waals surface area (Å²) in [4.78, 5) is 13.3. The average Bonchev–Trinajstić information content (AvgIpc) is 2.74. The van der Waals surface area contributed by atoms with Gasteiger partial charge in [-0.25, -0.2) is 4.79 Å². The van der Waals surface area contributed by atoms with E-state index in [9.17, 15) is 4.79 Å². The zero-order valence-corrected chi connectivity index (χ0v) is 7.76. The van der Waals surface area contributed by atoms with Gasteiger partial charge in [0.2, 0.25) is 0 Å². The number of rotatable bonds is 2. The van der Waals surface area contributed by atoms with Crippen LogP contribution in [0.15, 0.2) is 0 Å². The summed E-state index contributed by atoms with van der Waals surface area (Å²) in [5.41, 5.74) is 0.0275. The molecule has 0 aromatic carbocycles. The third-order valence-corrected chi connectivity index (χ3v) is 2.79. The Morgan fingerprint density at radius 1 is 1.58 bits per heavy atom. The van der Waals surface area contributed by atoms with E-state index in [1.807, 2.05) is 4.90 Å². The first kappa shape index (κ1) is 7.90. The predicted molar refractivity (Wildman–Crippen MR) is 46.9 cm³/mol. The Labute approximate surface area is 73.1 Å². The summed E-state index contributed by atoms with van der Waals surface area (Å²) in [6.07, 6.45) is 2.61. The SMILES string of the molecule is CC1(C)CNC(=O)N1CC1CC1. The van der Waals surface area contributed by atoms with Gasteiger partial charge in [-0.1, -0.05) is 0 Å². The molecule has 1 N–H and O–H groups in total. The van der Waals surface area contributed by atoms with Gasteiger partial charge < -0.3 is 10.2 Å². The molecule has 3 nitrogen and oxygen atoms in total. The van der Waals surface area contributed by atoms with E-state index in [0.29, 0.717) is 0 Å². The molecule has 2 amide bonds. The van der Waals surface area contributed by atoms with Gasteiger partial charge in [-0.2, -0.15) is 0 Å². The quantitative estimate of drug-likeness (QED) is 0.660. The third-order valence-electron chi connectivity index (χ3n) is 2.79. The fraction of sp³-hybridized carbons (Fsp3) is 0.889. The molecule has 0 unspecified atom stereocenters. The van der Waals surface area contributed by atoms with E-state index in [0.717, 1.165) is 19.0 Å². The van der Waals surface area contributed by atoms with Crippen molar-refractivity contribution in [1.82, 2.24) is 10.2 Å². The first-order valence-electron chi connectivity index (χ1n) is 4.65. The highest BCUT2D eigenvalue weighted by molar-refractivity contribution is 5.77. The van der Waals surface area contributed by atoms with E-state index < -0.39 is 0 Å². The van der Waals surface area contributed by atoms with E-state index in [4.69, 9.17) is 0 Å². The fourth-order valence-electron chi connectivity index (χ4n) is 1.65. The van der Waals surface area contributed by atoms with Crippen molar-refractivity contribution < 1.29 is 4.79 Å². The van der Waals surface area contributed by atoms with Crippen LogP contribution in [0.25, 0.3) is 0 Å². The summed E-state index contributed by atoms with van der Waals surface area (Å²) in [5, 5.41) is 2.88. The topological polar surface area (TPSA) is 32.3 Å². The molecule has 1 aliphatic carbocycles. The Balaban J connectivity index is 2.03. The van der Waals surface area contributed by atoms with Crippen LogP contribution in [-0.2, 0) is 0 Å². The lowest BCUT2D eigenvalue weighted by Crippen LogP contribution is -2.43. The minimum Gasteiger partial charge on any atom is -0.336 e. The molecule has 2 rings (SSSR count). The van der Waals surface area contributed by atoms with Crippen molar-refractivity contribution in [1.29, 1.82) is 0 Å². The molecule has 0 bridgehead atoms. The number of nitrogens with zero attached hydrogens (tertiary/aromatic N) is 1. The average molecular weight is 168 g/mol. The number of hydrogen-bond acceptors (Lipinski definition) is 1. The summed E-state index contributed by atoms with van der Waals surface area (Å²) >= 11 is 0. The molecule has 3 heteroatoms. The highest BCUT2D eigenvalue weighted by Crippen LogP contribution is 2.33. The van der Waals surface area contributed by atoms with Gasteiger partial charge in [0.1, 0.15) is 0 Å². The maximum Gasteiger partial charge on any atom is 0.317 e. The van der Waals surface area contributed by atoms with E-state index in [2.05, 4.69) is 19.2 Å². The Morgan fingerprint density at radius 2 is 2.25 bits per heavy atom.